The van der Waals surface area contributed by atoms with Crippen LogP contribution in [-0.2, 0) is 6.54 Å². The van der Waals surface area contributed by atoms with Crippen LogP contribution >= 0.6 is 11.3 Å². The summed E-state index contributed by atoms with van der Waals surface area (Å²) in [5.74, 6) is 1.35. The standard InChI is InChI=1S/C18H33N5S/c1-14(2)16-13-24-17(22-16)12-21-18(19-4)20-9-7-11-23-10-6-5-8-15(23)3/h13-15H,5-12H2,1-4H3,(H2,19,20,21). The Morgan fingerprint density at radius 2 is 2.25 bits per heavy atom. The number of piperidine rings is 1. The van der Waals surface area contributed by atoms with E-state index in [1.54, 1.807) is 11.3 Å². The van der Waals surface area contributed by atoms with Crippen LogP contribution in [0.15, 0.2) is 10.4 Å². The van der Waals surface area contributed by atoms with E-state index < -0.39 is 0 Å². The lowest BCUT2D eigenvalue weighted by Crippen LogP contribution is -2.41. The summed E-state index contributed by atoms with van der Waals surface area (Å²) in [5.41, 5.74) is 1.18. The van der Waals surface area contributed by atoms with Crippen LogP contribution in [0.2, 0.25) is 0 Å². The highest BCUT2D eigenvalue weighted by Gasteiger charge is 2.17. The number of guanidine groups is 1. The first-order chi connectivity index (χ1) is 11.6. The molecular weight excluding hydrogens is 318 g/mol. The summed E-state index contributed by atoms with van der Waals surface area (Å²) in [7, 11) is 1.82. The molecule has 136 valence electrons. The molecule has 0 spiro atoms. The second-order valence-corrected chi connectivity index (χ2v) is 7.85. The molecule has 0 aliphatic carbocycles. The van der Waals surface area contributed by atoms with Crippen molar-refractivity contribution in [2.45, 2.75) is 65.0 Å². The van der Waals surface area contributed by atoms with Crippen LogP contribution in [0.4, 0.5) is 0 Å². The molecule has 0 saturated carbocycles. The minimum Gasteiger partial charge on any atom is -0.356 e. The molecule has 5 nitrogen and oxygen atoms in total. The van der Waals surface area contributed by atoms with E-state index in [4.69, 9.17) is 0 Å². The molecule has 24 heavy (non-hydrogen) atoms. The maximum absolute atomic E-state index is 4.65. The summed E-state index contributed by atoms with van der Waals surface area (Å²) < 4.78 is 0. The van der Waals surface area contributed by atoms with Crippen LogP contribution in [-0.4, -0.2) is 48.6 Å². The van der Waals surface area contributed by atoms with Crippen LogP contribution in [0.1, 0.15) is 63.1 Å². The zero-order valence-corrected chi connectivity index (χ0v) is 16.5. The molecule has 1 unspecified atom stereocenters. The molecule has 2 rings (SSSR count). The normalized spacial score (nSPS) is 19.7. The van der Waals surface area contributed by atoms with E-state index in [1.807, 2.05) is 7.05 Å². The number of hydrogen-bond donors (Lipinski definition) is 2. The summed E-state index contributed by atoms with van der Waals surface area (Å²) in [4.78, 5) is 11.6. The summed E-state index contributed by atoms with van der Waals surface area (Å²) in [6.45, 7) is 10.8. The predicted octanol–water partition coefficient (Wildman–Crippen LogP) is 3.20. The molecule has 2 N–H and O–H groups in total. The Balaban J connectivity index is 1.65. The Kier molecular flexibility index (Phi) is 7.99. The fourth-order valence-electron chi connectivity index (χ4n) is 3.03. The lowest BCUT2D eigenvalue weighted by Gasteiger charge is -2.33. The second-order valence-electron chi connectivity index (χ2n) is 6.91. The smallest absolute Gasteiger partial charge is 0.191 e. The molecule has 1 atom stereocenters. The molecule has 2 heterocycles. The van der Waals surface area contributed by atoms with Crippen LogP contribution in [0.5, 0.6) is 0 Å². The van der Waals surface area contributed by atoms with Crippen molar-refractivity contribution in [2.24, 2.45) is 4.99 Å². The van der Waals surface area contributed by atoms with Gasteiger partial charge in [0.15, 0.2) is 5.96 Å². The molecule has 0 amide bonds. The van der Waals surface area contributed by atoms with Gasteiger partial charge in [-0.1, -0.05) is 20.3 Å². The first-order valence-corrected chi connectivity index (χ1v) is 10.1. The van der Waals surface area contributed by atoms with E-state index >= 15 is 0 Å². The van der Waals surface area contributed by atoms with Gasteiger partial charge >= 0.3 is 0 Å². The molecule has 1 aliphatic rings. The Hall–Kier alpha value is -1.14. The van der Waals surface area contributed by atoms with Gasteiger partial charge in [0.25, 0.3) is 0 Å². The van der Waals surface area contributed by atoms with Gasteiger partial charge in [0.05, 0.1) is 12.2 Å². The molecule has 1 saturated heterocycles. The summed E-state index contributed by atoms with van der Waals surface area (Å²) in [5, 5.41) is 10.0. The number of aromatic nitrogens is 1. The number of nitrogens with zero attached hydrogens (tertiary/aromatic N) is 3. The van der Waals surface area contributed by atoms with Crippen LogP contribution in [0.3, 0.4) is 0 Å². The van der Waals surface area contributed by atoms with Crippen LogP contribution in [0.25, 0.3) is 0 Å². The van der Waals surface area contributed by atoms with Crippen molar-refractivity contribution in [3.05, 3.63) is 16.1 Å². The van der Waals surface area contributed by atoms with Gasteiger partial charge in [0.1, 0.15) is 5.01 Å². The predicted molar refractivity (Wildman–Crippen MR) is 104 cm³/mol. The van der Waals surface area contributed by atoms with Crippen LogP contribution in [0, 0.1) is 0 Å². The van der Waals surface area contributed by atoms with Gasteiger partial charge in [-0.05, 0) is 38.6 Å². The first kappa shape index (κ1) is 19.2. The van der Waals surface area contributed by atoms with Crippen molar-refractivity contribution in [3.63, 3.8) is 0 Å². The Bertz CT molecular complexity index is 511. The molecule has 1 fully saturated rings. The SMILES string of the molecule is CN=C(NCCCN1CCCCC1C)NCc1nc(C(C)C)cs1. The number of thiazole rings is 1. The number of rotatable bonds is 7. The Morgan fingerprint density at radius 1 is 1.42 bits per heavy atom. The largest absolute Gasteiger partial charge is 0.356 e. The monoisotopic (exact) mass is 351 g/mol. The van der Waals surface area contributed by atoms with E-state index in [2.05, 4.69) is 51.7 Å². The van der Waals surface area contributed by atoms with E-state index in [-0.39, 0.29) is 0 Å². The number of aliphatic imine (C=N–C) groups is 1. The van der Waals surface area contributed by atoms with E-state index in [9.17, 15) is 0 Å². The van der Waals surface area contributed by atoms with Crippen LogP contribution < -0.4 is 10.6 Å². The van der Waals surface area contributed by atoms with Gasteiger partial charge in [-0.15, -0.1) is 11.3 Å². The van der Waals surface area contributed by atoms with Gasteiger partial charge in [-0.25, -0.2) is 4.98 Å². The Labute approximate surface area is 151 Å². The van der Waals surface area contributed by atoms with E-state index in [0.29, 0.717) is 5.92 Å². The summed E-state index contributed by atoms with van der Waals surface area (Å²) in [6, 6.07) is 0.747. The third kappa shape index (κ3) is 6.06. The summed E-state index contributed by atoms with van der Waals surface area (Å²) in [6.07, 6.45) is 5.25. The lowest BCUT2D eigenvalue weighted by atomic mass is 10.0. The minimum atomic E-state index is 0.490. The second kappa shape index (κ2) is 9.99. The van der Waals surface area contributed by atoms with E-state index in [0.717, 1.165) is 36.5 Å². The average molecular weight is 352 g/mol. The highest BCUT2D eigenvalue weighted by atomic mass is 32.1. The van der Waals surface area contributed by atoms with E-state index in [1.165, 1.54) is 38.0 Å². The zero-order chi connectivity index (χ0) is 17.4. The third-order valence-corrected chi connectivity index (χ3v) is 5.51. The molecule has 1 aliphatic heterocycles. The fourth-order valence-corrected chi connectivity index (χ4v) is 3.93. The molecule has 1 aromatic rings. The first-order valence-electron chi connectivity index (χ1n) is 9.23. The molecule has 1 aromatic heterocycles. The highest BCUT2D eigenvalue weighted by molar-refractivity contribution is 7.09. The molecule has 0 bridgehead atoms. The quantitative estimate of drug-likeness (QED) is 0.450. The zero-order valence-electron chi connectivity index (χ0n) is 15.6. The van der Waals surface area contributed by atoms with Crippen molar-refractivity contribution in [2.75, 3.05) is 26.7 Å². The maximum atomic E-state index is 4.65. The average Bonchev–Trinajstić information content (AvgIpc) is 3.05. The third-order valence-electron chi connectivity index (χ3n) is 4.65. The van der Waals surface area contributed by atoms with Gasteiger partial charge in [-0.3, -0.25) is 4.99 Å². The number of nitrogens with one attached hydrogen (secondary N) is 2. The topological polar surface area (TPSA) is 52.6 Å². The van der Waals surface area contributed by atoms with Crippen molar-refractivity contribution < 1.29 is 0 Å². The van der Waals surface area contributed by atoms with Crippen molar-refractivity contribution in [1.82, 2.24) is 20.5 Å². The van der Waals surface area contributed by atoms with Gasteiger partial charge < -0.3 is 15.5 Å². The summed E-state index contributed by atoms with van der Waals surface area (Å²) >= 11 is 1.71. The minimum absolute atomic E-state index is 0.490. The Morgan fingerprint density at radius 3 is 2.92 bits per heavy atom. The highest BCUT2D eigenvalue weighted by Crippen LogP contribution is 2.17. The lowest BCUT2D eigenvalue weighted by molar-refractivity contribution is 0.159. The van der Waals surface area contributed by atoms with Gasteiger partial charge in [0.2, 0.25) is 0 Å². The number of likely N-dealkylation sites (tertiary alicyclic amines) is 1. The molecule has 0 aromatic carbocycles. The molecule has 6 heteroatoms. The number of hydrogen-bond acceptors (Lipinski definition) is 4. The van der Waals surface area contributed by atoms with Crippen molar-refractivity contribution >= 4 is 17.3 Å². The van der Waals surface area contributed by atoms with Gasteiger partial charge in [-0.2, -0.15) is 0 Å². The molecular formula is C18H33N5S. The maximum Gasteiger partial charge on any atom is 0.191 e. The van der Waals surface area contributed by atoms with Crippen molar-refractivity contribution in [1.29, 1.82) is 0 Å². The van der Waals surface area contributed by atoms with Gasteiger partial charge in [0, 0.05) is 31.6 Å². The van der Waals surface area contributed by atoms with Crippen molar-refractivity contribution in [3.8, 4) is 0 Å². The molecule has 0 radical (unpaired) electrons. The fraction of sp³-hybridized carbons (Fsp3) is 0.778.